The fourth-order valence-electron chi connectivity index (χ4n) is 4.68. The van der Waals surface area contributed by atoms with Crippen LogP contribution in [0.25, 0.3) is 0 Å². The summed E-state index contributed by atoms with van der Waals surface area (Å²) in [6.45, 7) is 5.24. The van der Waals surface area contributed by atoms with Crippen LogP contribution in [0.15, 0.2) is 60.7 Å². The van der Waals surface area contributed by atoms with Gasteiger partial charge in [-0.2, -0.15) is 0 Å². The molecule has 1 unspecified atom stereocenters. The molecule has 6 heteroatoms. The Hall–Kier alpha value is -3.02. The van der Waals surface area contributed by atoms with Gasteiger partial charge in [0, 0.05) is 30.2 Å². The molecule has 0 bridgehead atoms. The molecule has 0 saturated carbocycles. The number of nitrogens with one attached hydrogen (secondary N) is 1. The van der Waals surface area contributed by atoms with E-state index in [0.29, 0.717) is 23.0 Å². The van der Waals surface area contributed by atoms with Crippen LogP contribution >= 0.6 is 11.6 Å². The van der Waals surface area contributed by atoms with Gasteiger partial charge in [-0.25, -0.2) is 0 Å². The summed E-state index contributed by atoms with van der Waals surface area (Å²) in [7, 11) is 3.32. The molecule has 0 radical (unpaired) electrons. The molecule has 1 N–H and O–H groups in total. The van der Waals surface area contributed by atoms with Gasteiger partial charge in [-0.1, -0.05) is 48.0 Å². The van der Waals surface area contributed by atoms with Crippen LogP contribution in [0, 0.1) is 6.92 Å². The van der Waals surface area contributed by atoms with Crippen molar-refractivity contribution in [3.05, 3.63) is 93.5 Å². The van der Waals surface area contributed by atoms with E-state index in [0.717, 1.165) is 48.7 Å². The Balaban J connectivity index is 1.41. The number of hydrogen-bond acceptors (Lipinski definition) is 4. The Morgan fingerprint density at radius 2 is 1.85 bits per heavy atom. The topological polar surface area (TPSA) is 50.8 Å². The van der Waals surface area contributed by atoms with Gasteiger partial charge in [0.25, 0.3) is 5.91 Å². The highest BCUT2D eigenvalue weighted by atomic mass is 35.5. The SMILES string of the molecule is COc1ccc(CN2CCC(c3ccccc3CNC(=O)c3cccc(Cl)c3C)C2)cc1OC. The molecule has 1 atom stereocenters. The third-order valence-corrected chi connectivity index (χ3v) is 6.98. The molecule has 1 saturated heterocycles. The van der Waals surface area contributed by atoms with Gasteiger partial charge in [0.1, 0.15) is 0 Å². The quantitative estimate of drug-likeness (QED) is 0.459. The molecule has 1 amide bonds. The van der Waals surface area contributed by atoms with Crippen LogP contribution in [0.4, 0.5) is 0 Å². The minimum absolute atomic E-state index is 0.101. The summed E-state index contributed by atoms with van der Waals surface area (Å²) in [5.74, 6) is 1.83. The second kappa shape index (κ2) is 10.9. The molecule has 5 nitrogen and oxygen atoms in total. The number of benzene rings is 3. The predicted octanol–water partition coefficient (Wildman–Crippen LogP) is 5.59. The first-order valence-electron chi connectivity index (χ1n) is 11.5. The van der Waals surface area contributed by atoms with Crippen LogP contribution in [0.2, 0.25) is 5.02 Å². The van der Waals surface area contributed by atoms with E-state index in [9.17, 15) is 4.79 Å². The number of halogens is 1. The largest absolute Gasteiger partial charge is 0.493 e. The molecule has 1 heterocycles. The summed E-state index contributed by atoms with van der Waals surface area (Å²) in [6, 6.07) is 19.9. The van der Waals surface area contributed by atoms with Gasteiger partial charge in [0.2, 0.25) is 0 Å². The zero-order valence-electron chi connectivity index (χ0n) is 19.9. The molecule has 1 aliphatic heterocycles. The van der Waals surface area contributed by atoms with Crippen molar-refractivity contribution in [2.45, 2.75) is 32.4 Å². The lowest BCUT2D eigenvalue weighted by molar-refractivity contribution is 0.0950. The van der Waals surface area contributed by atoms with Crippen molar-refractivity contribution in [3.63, 3.8) is 0 Å². The van der Waals surface area contributed by atoms with E-state index in [4.69, 9.17) is 21.1 Å². The maximum absolute atomic E-state index is 12.8. The van der Waals surface area contributed by atoms with E-state index in [1.165, 1.54) is 11.1 Å². The first-order valence-corrected chi connectivity index (χ1v) is 11.9. The van der Waals surface area contributed by atoms with Crippen molar-refractivity contribution in [2.24, 2.45) is 0 Å². The summed E-state index contributed by atoms with van der Waals surface area (Å²) in [5.41, 5.74) is 5.09. The normalized spacial score (nSPS) is 15.8. The van der Waals surface area contributed by atoms with Crippen LogP contribution in [0.1, 0.15) is 45.0 Å². The van der Waals surface area contributed by atoms with Crippen molar-refractivity contribution < 1.29 is 14.3 Å². The second-order valence-electron chi connectivity index (χ2n) is 8.70. The number of ether oxygens (including phenoxy) is 2. The van der Waals surface area contributed by atoms with Gasteiger partial charge in [-0.05, 0) is 72.3 Å². The van der Waals surface area contributed by atoms with Crippen LogP contribution < -0.4 is 14.8 Å². The number of amides is 1. The van der Waals surface area contributed by atoms with E-state index in [-0.39, 0.29) is 5.91 Å². The summed E-state index contributed by atoms with van der Waals surface area (Å²) < 4.78 is 10.8. The highest BCUT2D eigenvalue weighted by Crippen LogP contribution is 2.32. The molecule has 1 fully saturated rings. The number of likely N-dealkylation sites (tertiary alicyclic amines) is 1. The Kier molecular flexibility index (Phi) is 7.76. The summed E-state index contributed by atoms with van der Waals surface area (Å²) >= 11 is 6.19. The Morgan fingerprint density at radius 1 is 1.06 bits per heavy atom. The lowest BCUT2D eigenvalue weighted by Crippen LogP contribution is -2.25. The predicted molar refractivity (Wildman–Crippen MR) is 136 cm³/mol. The fourth-order valence-corrected chi connectivity index (χ4v) is 4.86. The van der Waals surface area contributed by atoms with Crippen molar-refractivity contribution in [2.75, 3.05) is 27.3 Å². The zero-order valence-corrected chi connectivity index (χ0v) is 20.7. The minimum atomic E-state index is -0.101. The molecule has 0 aromatic heterocycles. The number of hydrogen-bond donors (Lipinski definition) is 1. The molecule has 0 aliphatic carbocycles. The average Bonchev–Trinajstić information content (AvgIpc) is 3.32. The van der Waals surface area contributed by atoms with Gasteiger partial charge in [-0.3, -0.25) is 9.69 Å². The molecule has 178 valence electrons. The number of carbonyl (C=O) groups excluding carboxylic acids is 1. The minimum Gasteiger partial charge on any atom is -0.493 e. The smallest absolute Gasteiger partial charge is 0.251 e. The monoisotopic (exact) mass is 478 g/mol. The Morgan fingerprint density at radius 3 is 2.65 bits per heavy atom. The number of methoxy groups -OCH3 is 2. The van der Waals surface area contributed by atoms with E-state index in [1.807, 2.05) is 37.3 Å². The zero-order chi connectivity index (χ0) is 24.1. The highest BCUT2D eigenvalue weighted by Gasteiger charge is 2.26. The number of nitrogens with zero attached hydrogens (tertiary/aromatic N) is 1. The van der Waals surface area contributed by atoms with Gasteiger partial charge in [0.15, 0.2) is 11.5 Å². The summed E-state index contributed by atoms with van der Waals surface area (Å²) in [4.78, 5) is 15.2. The first kappa shape index (κ1) is 24.1. The maximum atomic E-state index is 12.8. The molecule has 3 aromatic carbocycles. The van der Waals surface area contributed by atoms with E-state index in [2.05, 4.69) is 34.5 Å². The Labute approximate surface area is 206 Å². The number of carbonyl (C=O) groups is 1. The van der Waals surface area contributed by atoms with Crippen molar-refractivity contribution in [1.29, 1.82) is 0 Å². The lowest BCUT2D eigenvalue weighted by Gasteiger charge is -2.19. The molecular weight excluding hydrogens is 448 g/mol. The second-order valence-corrected chi connectivity index (χ2v) is 9.11. The van der Waals surface area contributed by atoms with Crippen LogP contribution in [0.5, 0.6) is 11.5 Å². The van der Waals surface area contributed by atoms with Crippen LogP contribution in [0.3, 0.4) is 0 Å². The van der Waals surface area contributed by atoms with Crippen LogP contribution in [-0.4, -0.2) is 38.1 Å². The van der Waals surface area contributed by atoms with E-state index < -0.39 is 0 Å². The molecular formula is C28H31ClN2O3. The van der Waals surface area contributed by atoms with Crippen LogP contribution in [-0.2, 0) is 13.1 Å². The van der Waals surface area contributed by atoms with Gasteiger partial charge >= 0.3 is 0 Å². The fraction of sp³-hybridized carbons (Fsp3) is 0.321. The summed E-state index contributed by atoms with van der Waals surface area (Å²) in [6.07, 6.45) is 1.09. The average molecular weight is 479 g/mol. The van der Waals surface area contributed by atoms with Gasteiger partial charge in [-0.15, -0.1) is 0 Å². The Bertz CT molecular complexity index is 1160. The van der Waals surface area contributed by atoms with Gasteiger partial charge in [0.05, 0.1) is 14.2 Å². The van der Waals surface area contributed by atoms with Gasteiger partial charge < -0.3 is 14.8 Å². The van der Waals surface area contributed by atoms with E-state index in [1.54, 1.807) is 20.3 Å². The lowest BCUT2D eigenvalue weighted by atomic mass is 9.93. The van der Waals surface area contributed by atoms with Crippen molar-refractivity contribution >= 4 is 17.5 Å². The molecule has 34 heavy (non-hydrogen) atoms. The molecule has 0 spiro atoms. The van der Waals surface area contributed by atoms with E-state index >= 15 is 0 Å². The summed E-state index contributed by atoms with van der Waals surface area (Å²) in [5, 5.41) is 3.69. The molecule has 4 rings (SSSR count). The molecule has 3 aromatic rings. The molecule has 1 aliphatic rings. The standard InChI is InChI=1S/C28H31ClN2O3/c1-19-23(9-6-10-25(19)29)28(32)30-16-21-7-4-5-8-24(21)22-13-14-31(18-22)17-20-11-12-26(33-2)27(15-20)34-3/h4-12,15,22H,13-14,16-18H2,1-3H3,(H,30,32). The first-order chi connectivity index (χ1) is 16.5. The number of rotatable bonds is 8. The third-order valence-electron chi connectivity index (χ3n) is 6.57. The van der Waals surface area contributed by atoms with Crippen molar-refractivity contribution in [3.8, 4) is 11.5 Å². The highest BCUT2D eigenvalue weighted by molar-refractivity contribution is 6.31. The third kappa shape index (κ3) is 5.37. The maximum Gasteiger partial charge on any atom is 0.251 e. The van der Waals surface area contributed by atoms with Crippen molar-refractivity contribution in [1.82, 2.24) is 10.2 Å².